The number of hydrogen-bond donors (Lipinski definition) is 1. The van der Waals surface area contributed by atoms with E-state index in [1.165, 1.54) is 0 Å². The van der Waals surface area contributed by atoms with Gasteiger partial charge in [0.15, 0.2) is 9.84 Å². The van der Waals surface area contributed by atoms with Crippen molar-refractivity contribution < 1.29 is 8.42 Å². The predicted molar refractivity (Wildman–Crippen MR) is 109 cm³/mol. The van der Waals surface area contributed by atoms with E-state index in [2.05, 4.69) is 9.97 Å². The lowest BCUT2D eigenvalue weighted by atomic mass is 9.84. The molecule has 28 heavy (non-hydrogen) atoms. The summed E-state index contributed by atoms with van der Waals surface area (Å²) in [4.78, 5) is 20.6. The van der Waals surface area contributed by atoms with Gasteiger partial charge in [-0.25, -0.2) is 13.4 Å². The molecule has 144 valence electrons. The zero-order valence-corrected chi connectivity index (χ0v) is 16.5. The Bertz CT molecular complexity index is 1160. The van der Waals surface area contributed by atoms with Gasteiger partial charge in [-0.2, -0.15) is 0 Å². The first-order chi connectivity index (χ1) is 13.5. The van der Waals surface area contributed by atoms with Crippen LogP contribution in [0.4, 0.5) is 0 Å². The Kier molecular flexibility index (Phi) is 4.67. The molecule has 1 N–H and O–H groups in total. The molecule has 1 atom stereocenters. The minimum atomic E-state index is -3.58. The number of benzene rings is 2. The van der Waals surface area contributed by atoms with Gasteiger partial charge in [-0.15, -0.1) is 0 Å². The van der Waals surface area contributed by atoms with Gasteiger partial charge in [0.25, 0.3) is 5.56 Å². The van der Waals surface area contributed by atoms with Gasteiger partial charge in [0.1, 0.15) is 5.82 Å². The second kappa shape index (κ2) is 7.02. The molecule has 0 aliphatic heterocycles. The van der Waals surface area contributed by atoms with Crippen LogP contribution in [0.5, 0.6) is 0 Å². The maximum Gasteiger partial charge on any atom is 0.254 e. The molecule has 2 aromatic carbocycles. The van der Waals surface area contributed by atoms with Crippen LogP contribution in [-0.2, 0) is 22.7 Å². The number of nitrogens with zero attached hydrogens (tertiary/aromatic N) is 1. The van der Waals surface area contributed by atoms with Gasteiger partial charge in [-0.3, -0.25) is 4.79 Å². The van der Waals surface area contributed by atoms with Crippen LogP contribution in [0.15, 0.2) is 70.4 Å². The number of aromatic amines is 1. The summed E-state index contributed by atoms with van der Waals surface area (Å²) in [5.74, 6) is 0.527. The lowest BCUT2D eigenvalue weighted by Crippen LogP contribution is -2.45. The van der Waals surface area contributed by atoms with Crippen molar-refractivity contribution in [2.45, 2.75) is 42.2 Å². The number of sulfone groups is 1. The fourth-order valence-electron chi connectivity index (χ4n) is 3.99. The molecular weight excluding hydrogens is 372 g/mol. The van der Waals surface area contributed by atoms with E-state index < -0.39 is 14.6 Å². The molecule has 1 aromatic heterocycles. The van der Waals surface area contributed by atoms with Crippen LogP contribution in [-0.4, -0.2) is 23.1 Å². The van der Waals surface area contributed by atoms with Crippen molar-refractivity contribution in [3.05, 3.63) is 82.3 Å². The first-order valence-corrected chi connectivity index (χ1v) is 10.9. The zero-order valence-electron chi connectivity index (χ0n) is 15.7. The van der Waals surface area contributed by atoms with E-state index in [1.54, 1.807) is 30.3 Å². The highest BCUT2D eigenvalue weighted by Crippen LogP contribution is 2.39. The Morgan fingerprint density at radius 1 is 1.04 bits per heavy atom. The predicted octanol–water partition coefficient (Wildman–Crippen LogP) is 3.55. The van der Waals surface area contributed by atoms with E-state index >= 15 is 0 Å². The Hall–Kier alpha value is -2.73. The van der Waals surface area contributed by atoms with Crippen molar-refractivity contribution in [1.29, 1.82) is 0 Å². The van der Waals surface area contributed by atoms with Gasteiger partial charge < -0.3 is 4.98 Å². The summed E-state index contributed by atoms with van der Waals surface area (Å²) in [5, 5.41) is 0. The fraction of sp³-hybridized carbons (Fsp3) is 0.273. The van der Waals surface area contributed by atoms with Crippen LogP contribution < -0.4 is 5.56 Å². The summed E-state index contributed by atoms with van der Waals surface area (Å²) in [6.45, 7) is 1.88. The highest BCUT2D eigenvalue weighted by Gasteiger charge is 2.46. The Labute approximate surface area is 164 Å². The van der Waals surface area contributed by atoms with Gasteiger partial charge in [-0.05, 0) is 37.8 Å². The second-order valence-corrected chi connectivity index (χ2v) is 9.58. The molecular formula is C22H22N2O3S. The van der Waals surface area contributed by atoms with Crippen LogP contribution in [0.3, 0.4) is 0 Å². The van der Waals surface area contributed by atoms with Crippen LogP contribution in [0, 0.1) is 0 Å². The van der Waals surface area contributed by atoms with Crippen molar-refractivity contribution >= 4 is 9.84 Å². The molecule has 1 heterocycles. The van der Waals surface area contributed by atoms with Gasteiger partial charge in [0.05, 0.1) is 15.3 Å². The maximum absolute atomic E-state index is 13.4. The van der Waals surface area contributed by atoms with Crippen molar-refractivity contribution in [1.82, 2.24) is 9.97 Å². The maximum atomic E-state index is 13.4. The highest BCUT2D eigenvalue weighted by atomic mass is 32.2. The molecule has 1 aliphatic carbocycles. The van der Waals surface area contributed by atoms with Crippen LogP contribution in [0.1, 0.15) is 31.0 Å². The molecule has 1 unspecified atom stereocenters. The zero-order chi connectivity index (χ0) is 19.8. The Morgan fingerprint density at radius 3 is 2.32 bits per heavy atom. The third-order valence-electron chi connectivity index (χ3n) is 5.73. The minimum absolute atomic E-state index is 0.188. The molecule has 3 aromatic rings. The van der Waals surface area contributed by atoms with E-state index in [1.807, 2.05) is 37.3 Å². The van der Waals surface area contributed by atoms with E-state index in [0.717, 1.165) is 5.56 Å². The molecule has 6 heteroatoms. The molecule has 0 spiro atoms. The van der Waals surface area contributed by atoms with E-state index in [4.69, 9.17) is 0 Å². The SMILES string of the molecule is CCC1(S(=O)(=O)c2ccccc2)CCc2nc(-c3ccccc3)[nH]c(=O)c2C1. The number of aryl methyl sites for hydroxylation is 1. The van der Waals surface area contributed by atoms with Crippen LogP contribution in [0.2, 0.25) is 0 Å². The van der Waals surface area contributed by atoms with Crippen molar-refractivity contribution in [2.75, 3.05) is 0 Å². The normalized spacial score (nSPS) is 19.2. The number of H-pyrrole nitrogens is 1. The van der Waals surface area contributed by atoms with Gasteiger partial charge in [0.2, 0.25) is 0 Å². The van der Waals surface area contributed by atoms with Gasteiger partial charge in [0, 0.05) is 11.1 Å². The van der Waals surface area contributed by atoms with Crippen molar-refractivity contribution in [3.8, 4) is 11.4 Å². The quantitative estimate of drug-likeness (QED) is 0.734. The Morgan fingerprint density at radius 2 is 1.68 bits per heavy atom. The van der Waals surface area contributed by atoms with Gasteiger partial charge in [-0.1, -0.05) is 55.5 Å². The van der Waals surface area contributed by atoms with Crippen LogP contribution in [0.25, 0.3) is 11.4 Å². The average Bonchev–Trinajstić information content (AvgIpc) is 2.74. The lowest BCUT2D eigenvalue weighted by molar-refractivity contribution is 0.438. The monoisotopic (exact) mass is 394 g/mol. The number of rotatable bonds is 4. The number of hydrogen-bond acceptors (Lipinski definition) is 4. The van der Waals surface area contributed by atoms with Crippen LogP contribution >= 0.6 is 0 Å². The second-order valence-electron chi connectivity index (χ2n) is 7.24. The number of fused-ring (bicyclic) bond motifs is 1. The molecule has 5 nitrogen and oxygen atoms in total. The molecule has 0 saturated carbocycles. The minimum Gasteiger partial charge on any atom is -0.306 e. The first kappa shape index (κ1) is 18.6. The molecule has 0 fully saturated rings. The molecule has 0 radical (unpaired) electrons. The van der Waals surface area contributed by atoms with E-state index in [0.29, 0.717) is 41.2 Å². The van der Waals surface area contributed by atoms with E-state index in [9.17, 15) is 13.2 Å². The summed E-state index contributed by atoms with van der Waals surface area (Å²) in [5.41, 5.74) is 1.79. The smallest absolute Gasteiger partial charge is 0.254 e. The standard InChI is InChI=1S/C22H22N2O3S/c1-2-22(28(26,27)17-11-7-4-8-12-17)14-13-19-18(15-22)21(25)24-20(23-19)16-9-5-3-6-10-16/h3-12H,2,13-15H2,1H3,(H,23,24,25). The average molecular weight is 394 g/mol. The molecule has 4 rings (SSSR count). The summed E-state index contributed by atoms with van der Waals surface area (Å²) in [6, 6.07) is 18.0. The third kappa shape index (κ3) is 2.98. The molecule has 0 amide bonds. The third-order valence-corrected chi connectivity index (χ3v) is 8.40. The largest absolute Gasteiger partial charge is 0.306 e. The lowest BCUT2D eigenvalue weighted by Gasteiger charge is -2.36. The summed E-state index contributed by atoms with van der Waals surface area (Å²) in [6.07, 6.45) is 1.56. The van der Waals surface area contributed by atoms with Crippen molar-refractivity contribution in [2.24, 2.45) is 0 Å². The molecule has 0 bridgehead atoms. The number of aromatic nitrogens is 2. The van der Waals surface area contributed by atoms with E-state index in [-0.39, 0.29) is 12.0 Å². The highest BCUT2D eigenvalue weighted by molar-refractivity contribution is 7.92. The van der Waals surface area contributed by atoms with Crippen molar-refractivity contribution in [3.63, 3.8) is 0 Å². The first-order valence-electron chi connectivity index (χ1n) is 9.44. The Balaban J connectivity index is 1.78. The topological polar surface area (TPSA) is 79.9 Å². The fourth-order valence-corrected chi connectivity index (χ4v) is 6.09. The summed E-state index contributed by atoms with van der Waals surface area (Å²) >= 11 is 0. The molecule has 0 saturated heterocycles. The summed E-state index contributed by atoms with van der Waals surface area (Å²) in [7, 11) is -3.58. The molecule has 1 aliphatic rings. The number of nitrogens with one attached hydrogen (secondary N) is 1. The van der Waals surface area contributed by atoms with Gasteiger partial charge >= 0.3 is 0 Å². The summed E-state index contributed by atoms with van der Waals surface area (Å²) < 4.78 is 25.9.